The van der Waals surface area contributed by atoms with Crippen LogP contribution in [0, 0.1) is 5.92 Å². The molecule has 2 aliphatic rings. The fraction of sp³-hybridized carbons (Fsp3) is 0.714. The molecule has 1 unspecified atom stereocenters. The lowest BCUT2D eigenvalue weighted by Gasteiger charge is -2.31. The Morgan fingerprint density at radius 1 is 1.38 bits per heavy atom. The smallest absolute Gasteiger partial charge is 0.273 e. The topological polar surface area (TPSA) is 42.4 Å². The summed E-state index contributed by atoms with van der Waals surface area (Å²) >= 11 is 1.44. The lowest BCUT2D eigenvalue weighted by Crippen LogP contribution is -2.40. The molecule has 4 nitrogen and oxygen atoms in total. The molecule has 2 aliphatic heterocycles. The average Bonchev–Trinajstić information content (AvgIpc) is 3.17. The Bertz CT molecular complexity index is 495. The van der Waals surface area contributed by atoms with Crippen LogP contribution in [0.3, 0.4) is 0 Å². The fourth-order valence-corrected chi connectivity index (χ4v) is 3.70. The molecule has 0 radical (unpaired) electrons. The molecular formula is C14H18F2N2O2S. The summed E-state index contributed by atoms with van der Waals surface area (Å²) < 4.78 is 30.8. The van der Waals surface area contributed by atoms with Crippen LogP contribution in [0.1, 0.15) is 47.3 Å². The first-order valence-electron chi connectivity index (χ1n) is 7.29. The van der Waals surface area contributed by atoms with Gasteiger partial charge < -0.3 is 9.64 Å². The number of aromatic nitrogens is 1. The fourth-order valence-electron chi connectivity index (χ4n) is 2.82. The second kappa shape index (κ2) is 6.36. The average molecular weight is 316 g/mol. The molecule has 3 rings (SSSR count). The van der Waals surface area contributed by atoms with Gasteiger partial charge in [0, 0.05) is 31.0 Å². The zero-order chi connectivity index (χ0) is 14.8. The van der Waals surface area contributed by atoms with Crippen LogP contribution >= 0.6 is 11.3 Å². The molecule has 21 heavy (non-hydrogen) atoms. The Morgan fingerprint density at radius 2 is 2.14 bits per heavy atom. The molecule has 0 bridgehead atoms. The maximum atomic E-state index is 12.6. The van der Waals surface area contributed by atoms with E-state index in [0.717, 1.165) is 24.5 Å². The number of thiazole rings is 1. The Labute approximate surface area is 126 Å². The Morgan fingerprint density at radius 3 is 2.76 bits per heavy atom. The SMILES string of the molecule is O=C(c1csc(C2CCCO2)n1)N1CCC(C(F)F)CC1. The monoisotopic (exact) mass is 316 g/mol. The third-order valence-corrected chi connectivity index (χ3v) is 5.07. The molecule has 0 spiro atoms. The quantitative estimate of drug-likeness (QED) is 0.860. The maximum Gasteiger partial charge on any atom is 0.273 e. The second-order valence-electron chi connectivity index (χ2n) is 5.54. The second-order valence-corrected chi connectivity index (χ2v) is 6.43. The highest BCUT2D eigenvalue weighted by Gasteiger charge is 2.30. The van der Waals surface area contributed by atoms with Gasteiger partial charge in [0.1, 0.15) is 16.8 Å². The van der Waals surface area contributed by atoms with Crippen LogP contribution in [0.5, 0.6) is 0 Å². The number of alkyl halides is 2. The van der Waals surface area contributed by atoms with Crippen LogP contribution in [0.15, 0.2) is 5.38 Å². The number of hydrogen-bond donors (Lipinski definition) is 0. The maximum absolute atomic E-state index is 12.6. The molecule has 1 aromatic heterocycles. The number of amides is 1. The number of likely N-dealkylation sites (tertiary alicyclic amines) is 1. The normalized spacial score (nSPS) is 24.0. The number of nitrogens with zero attached hydrogens (tertiary/aromatic N) is 2. The van der Waals surface area contributed by atoms with Gasteiger partial charge >= 0.3 is 0 Å². The van der Waals surface area contributed by atoms with Crippen molar-refractivity contribution in [2.24, 2.45) is 5.92 Å². The van der Waals surface area contributed by atoms with Gasteiger partial charge in [0.25, 0.3) is 5.91 Å². The van der Waals surface area contributed by atoms with Gasteiger partial charge in [-0.15, -0.1) is 11.3 Å². The van der Waals surface area contributed by atoms with Crippen molar-refractivity contribution in [2.45, 2.75) is 38.2 Å². The number of carbonyl (C=O) groups is 1. The first-order valence-corrected chi connectivity index (χ1v) is 8.17. The van der Waals surface area contributed by atoms with Gasteiger partial charge in [-0.3, -0.25) is 4.79 Å². The predicted octanol–water partition coefficient (Wildman–Crippen LogP) is 3.11. The minimum Gasteiger partial charge on any atom is -0.371 e. The van der Waals surface area contributed by atoms with Gasteiger partial charge in [0.05, 0.1) is 0 Å². The van der Waals surface area contributed by atoms with Crippen molar-refractivity contribution < 1.29 is 18.3 Å². The molecule has 2 fully saturated rings. The van der Waals surface area contributed by atoms with E-state index in [1.165, 1.54) is 11.3 Å². The van der Waals surface area contributed by atoms with E-state index in [9.17, 15) is 13.6 Å². The van der Waals surface area contributed by atoms with E-state index < -0.39 is 12.3 Å². The number of hydrogen-bond acceptors (Lipinski definition) is 4. The van der Waals surface area contributed by atoms with Gasteiger partial charge in [0.2, 0.25) is 6.43 Å². The molecule has 3 heterocycles. The minimum atomic E-state index is -2.28. The van der Waals surface area contributed by atoms with Crippen LogP contribution in [0.25, 0.3) is 0 Å². The van der Waals surface area contributed by atoms with Crippen molar-refractivity contribution in [1.29, 1.82) is 0 Å². The zero-order valence-corrected chi connectivity index (χ0v) is 12.5. The molecule has 0 saturated carbocycles. The van der Waals surface area contributed by atoms with Crippen LogP contribution in [-0.2, 0) is 4.74 Å². The minimum absolute atomic E-state index is 0.0149. The van der Waals surface area contributed by atoms with Crippen molar-refractivity contribution >= 4 is 17.2 Å². The first kappa shape index (κ1) is 14.8. The van der Waals surface area contributed by atoms with E-state index >= 15 is 0 Å². The molecule has 0 N–H and O–H groups in total. The lowest BCUT2D eigenvalue weighted by molar-refractivity contribution is 0.0308. The molecule has 116 valence electrons. The van der Waals surface area contributed by atoms with Gasteiger partial charge in [0.15, 0.2) is 0 Å². The van der Waals surface area contributed by atoms with E-state index in [0.29, 0.717) is 31.6 Å². The molecule has 0 aromatic carbocycles. The molecule has 1 amide bonds. The van der Waals surface area contributed by atoms with Crippen molar-refractivity contribution in [3.8, 4) is 0 Å². The Balaban J connectivity index is 1.60. The molecule has 2 saturated heterocycles. The third-order valence-electron chi connectivity index (χ3n) is 4.13. The summed E-state index contributed by atoms with van der Waals surface area (Å²) in [5, 5.41) is 2.59. The summed E-state index contributed by atoms with van der Waals surface area (Å²) in [5.41, 5.74) is 0.418. The van der Waals surface area contributed by atoms with E-state index in [2.05, 4.69) is 4.98 Å². The van der Waals surface area contributed by atoms with Crippen molar-refractivity contribution in [2.75, 3.05) is 19.7 Å². The highest BCUT2D eigenvalue weighted by Crippen LogP contribution is 2.31. The lowest BCUT2D eigenvalue weighted by atomic mass is 9.97. The largest absolute Gasteiger partial charge is 0.371 e. The first-order chi connectivity index (χ1) is 10.1. The molecule has 0 aliphatic carbocycles. The Kier molecular flexibility index (Phi) is 4.49. The summed E-state index contributed by atoms with van der Waals surface area (Å²) in [5.74, 6) is -0.727. The van der Waals surface area contributed by atoms with Gasteiger partial charge in [-0.1, -0.05) is 0 Å². The highest BCUT2D eigenvalue weighted by atomic mass is 32.1. The van der Waals surface area contributed by atoms with Crippen LogP contribution in [0.4, 0.5) is 8.78 Å². The summed E-state index contributed by atoms with van der Waals surface area (Å²) in [6, 6.07) is 0. The van der Waals surface area contributed by atoms with Crippen molar-refractivity contribution in [3.05, 3.63) is 16.1 Å². The standard InChI is InChI=1S/C14H18F2N2O2S/c15-12(16)9-3-5-18(6-4-9)14(19)10-8-21-13(17-10)11-2-1-7-20-11/h8-9,11-12H,1-7H2. The Hall–Kier alpha value is -1.08. The van der Waals surface area contributed by atoms with Gasteiger partial charge in [-0.2, -0.15) is 0 Å². The van der Waals surface area contributed by atoms with Gasteiger partial charge in [-0.05, 0) is 25.7 Å². The van der Waals surface area contributed by atoms with Crippen LogP contribution in [-0.4, -0.2) is 41.9 Å². The molecule has 1 aromatic rings. The summed E-state index contributed by atoms with van der Waals surface area (Å²) in [6.07, 6.45) is 0.433. The van der Waals surface area contributed by atoms with Gasteiger partial charge in [-0.25, -0.2) is 13.8 Å². The van der Waals surface area contributed by atoms with E-state index in [-0.39, 0.29) is 12.0 Å². The number of carbonyl (C=O) groups excluding carboxylic acids is 1. The van der Waals surface area contributed by atoms with Crippen molar-refractivity contribution in [1.82, 2.24) is 9.88 Å². The molecule has 1 atom stereocenters. The summed E-state index contributed by atoms with van der Waals surface area (Å²) in [7, 11) is 0. The van der Waals surface area contributed by atoms with Crippen molar-refractivity contribution in [3.63, 3.8) is 0 Å². The van der Waals surface area contributed by atoms with E-state index in [1.807, 2.05) is 0 Å². The summed E-state index contributed by atoms with van der Waals surface area (Å²) in [6.45, 7) is 1.52. The summed E-state index contributed by atoms with van der Waals surface area (Å²) in [4.78, 5) is 18.4. The van der Waals surface area contributed by atoms with Crippen LogP contribution < -0.4 is 0 Å². The zero-order valence-electron chi connectivity index (χ0n) is 11.6. The highest BCUT2D eigenvalue weighted by molar-refractivity contribution is 7.09. The number of halogens is 2. The predicted molar refractivity (Wildman–Crippen MR) is 74.7 cm³/mol. The van der Waals surface area contributed by atoms with E-state index in [1.54, 1.807) is 10.3 Å². The molecule has 7 heteroatoms. The number of ether oxygens (including phenoxy) is 1. The number of rotatable bonds is 3. The molecular weight excluding hydrogens is 298 g/mol. The third kappa shape index (κ3) is 3.23. The van der Waals surface area contributed by atoms with Crippen LogP contribution in [0.2, 0.25) is 0 Å². The number of piperidine rings is 1. The van der Waals surface area contributed by atoms with E-state index in [4.69, 9.17) is 4.74 Å².